The maximum absolute atomic E-state index is 10.8. The summed E-state index contributed by atoms with van der Waals surface area (Å²) in [5, 5.41) is 10.8. The van der Waals surface area contributed by atoms with Gasteiger partial charge in [0.05, 0.1) is 4.92 Å². The first-order valence-electron chi connectivity index (χ1n) is 6.20. The minimum absolute atomic E-state index is 0.0791. The number of hydrogen-bond acceptors (Lipinski definition) is 4. The molecule has 0 bridgehead atoms. The highest BCUT2D eigenvalue weighted by Crippen LogP contribution is 2.30. The molecule has 0 aliphatic rings. The van der Waals surface area contributed by atoms with Crippen LogP contribution in [0, 0.1) is 24.0 Å². The topological polar surface area (TPSA) is 69.2 Å². The van der Waals surface area contributed by atoms with Crippen LogP contribution in [0.3, 0.4) is 0 Å². The largest absolute Gasteiger partial charge is 0.398 e. The molecule has 0 atom stereocenters. The fraction of sp³-hybridized carbons (Fsp3) is 0.200. The molecule has 0 heterocycles. The van der Waals surface area contributed by atoms with E-state index in [2.05, 4.69) is 32.0 Å². The van der Waals surface area contributed by atoms with E-state index in [1.54, 1.807) is 23.9 Å². The van der Waals surface area contributed by atoms with Gasteiger partial charge in [0.25, 0.3) is 5.69 Å². The molecule has 0 aliphatic heterocycles. The predicted octanol–water partition coefficient (Wildman–Crippen LogP) is 4.09. The van der Waals surface area contributed by atoms with Crippen LogP contribution < -0.4 is 5.73 Å². The van der Waals surface area contributed by atoms with Crippen molar-refractivity contribution >= 4 is 23.1 Å². The quantitative estimate of drug-likeness (QED) is 0.398. The third-order valence-corrected chi connectivity index (χ3v) is 4.28. The minimum atomic E-state index is -0.398. The molecular weight excluding hydrogens is 272 g/mol. The summed E-state index contributed by atoms with van der Waals surface area (Å²) < 4.78 is 0. The Balaban J connectivity index is 2.18. The number of nitrogen functional groups attached to an aromatic ring is 1. The van der Waals surface area contributed by atoms with Crippen LogP contribution in [0.5, 0.6) is 0 Å². The van der Waals surface area contributed by atoms with Gasteiger partial charge in [0.15, 0.2) is 0 Å². The van der Waals surface area contributed by atoms with Crippen LogP contribution >= 0.6 is 11.8 Å². The molecule has 0 radical (unpaired) electrons. The third-order valence-electron chi connectivity index (χ3n) is 3.05. The molecule has 0 saturated heterocycles. The molecule has 0 spiro atoms. The summed E-state index contributed by atoms with van der Waals surface area (Å²) in [5.41, 5.74) is 9.78. The molecule has 2 aromatic carbocycles. The fourth-order valence-corrected chi connectivity index (χ4v) is 2.96. The molecule has 0 unspecified atom stereocenters. The van der Waals surface area contributed by atoms with Gasteiger partial charge in [0.2, 0.25) is 0 Å². The van der Waals surface area contributed by atoms with Crippen LogP contribution in [0.15, 0.2) is 41.3 Å². The number of non-ortho nitro benzene ring substituents is 1. The Kier molecular flexibility index (Phi) is 4.29. The van der Waals surface area contributed by atoms with Crippen molar-refractivity contribution in [2.75, 3.05) is 5.73 Å². The van der Waals surface area contributed by atoms with E-state index in [4.69, 9.17) is 5.73 Å². The van der Waals surface area contributed by atoms with Crippen molar-refractivity contribution < 1.29 is 4.92 Å². The molecule has 0 amide bonds. The van der Waals surface area contributed by atoms with Gasteiger partial charge in [-0.1, -0.05) is 17.7 Å². The molecule has 20 heavy (non-hydrogen) atoms. The second-order valence-corrected chi connectivity index (χ2v) is 5.72. The highest BCUT2D eigenvalue weighted by molar-refractivity contribution is 7.98. The number of nitrogens with zero attached hydrogens (tertiary/aromatic N) is 1. The second-order valence-electron chi connectivity index (χ2n) is 4.70. The van der Waals surface area contributed by atoms with Gasteiger partial charge in [-0.3, -0.25) is 10.1 Å². The van der Waals surface area contributed by atoms with Crippen molar-refractivity contribution in [3.63, 3.8) is 0 Å². The maximum Gasteiger partial charge on any atom is 0.269 e. The standard InChI is InChI=1S/C15H16N2O2S/c1-10-3-6-15(11(2)7-10)20-9-12-8-13(17(18)19)4-5-14(12)16/h3-8H,9,16H2,1-2H3. The van der Waals surface area contributed by atoms with E-state index in [1.165, 1.54) is 22.1 Å². The molecule has 2 N–H and O–H groups in total. The van der Waals surface area contributed by atoms with Crippen molar-refractivity contribution in [2.24, 2.45) is 0 Å². The van der Waals surface area contributed by atoms with Gasteiger partial charge in [-0.15, -0.1) is 11.8 Å². The van der Waals surface area contributed by atoms with Gasteiger partial charge >= 0.3 is 0 Å². The second kappa shape index (κ2) is 5.96. The molecule has 5 heteroatoms. The SMILES string of the molecule is Cc1ccc(SCc2cc([N+](=O)[O-])ccc2N)c(C)c1. The van der Waals surface area contributed by atoms with E-state index in [9.17, 15) is 10.1 Å². The van der Waals surface area contributed by atoms with Crippen molar-refractivity contribution in [1.29, 1.82) is 0 Å². The van der Waals surface area contributed by atoms with Gasteiger partial charge < -0.3 is 5.73 Å². The number of anilines is 1. The summed E-state index contributed by atoms with van der Waals surface area (Å²) in [5.74, 6) is 0.622. The number of nitro benzene ring substituents is 1. The van der Waals surface area contributed by atoms with Gasteiger partial charge in [-0.25, -0.2) is 0 Å². The van der Waals surface area contributed by atoms with Crippen LogP contribution in [-0.2, 0) is 5.75 Å². The Morgan fingerprint density at radius 2 is 1.95 bits per heavy atom. The van der Waals surface area contributed by atoms with Crippen LogP contribution in [0.2, 0.25) is 0 Å². The fourth-order valence-electron chi connectivity index (χ4n) is 1.95. The number of benzene rings is 2. The first-order valence-corrected chi connectivity index (χ1v) is 7.19. The molecule has 4 nitrogen and oxygen atoms in total. The summed E-state index contributed by atoms with van der Waals surface area (Å²) in [6.07, 6.45) is 0. The van der Waals surface area contributed by atoms with E-state index in [1.807, 2.05) is 0 Å². The smallest absolute Gasteiger partial charge is 0.269 e. The number of rotatable bonds is 4. The lowest BCUT2D eigenvalue weighted by Gasteiger charge is -2.08. The van der Waals surface area contributed by atoms with E-state index in [-0.39, 0.29) is 5.69 Å². The lowest BCUT2D eigenvalue weighted by atomic mass is 10.2. The van der Waals surface area contributed by atoms with Crippen LogP contribution in [0.1, 0.15) is 16.7 Å². The summed E-state index contributed by atoms with van der Waals surface area (Å²) >= 11 is 1.64. The Hall–Kier alpha value is -2.01. The molecule has 0 aliphatic carbocycles. The Morgan fingerprint density at radius 1 is 1.20 bits per heavy atom. The van der Waals surface area contributed by atoms with Crippen molar-refractivity contribution in [3.05, 3.63) is 63.2 Å². The number of aryl methyl sites for hydroxylation is 2. The van der Waals surface area contributed by atoms with Gasteiger partial charge in [-0.05, 0) is 37.1 Å². The van der Waals surface area contributed by atoms with Crippen molar-refractivity contribution in [3.8, 4) is 0 Å². The zero-order valence-electron chi connectivity index (χ0n) is 11.4. The molecule has 104 valence electrons. The Bertz CT molecular complexity index is 656. The zero-order valence-corrected chi connectivity index (χ0v) is 12.2. The normalized spacial score (nSPS) is 10.5. The highest BCUT2D eigenvalue weighted by atomic mass is 32.2. The first-order chi connectivity index (χ1) is 9.47. The van der Waals surface area contributed by atoms with E-state index in [0.717, 1.165) is 5.56 Å². The van der Waals surface area contributed by atoms with Crippen LogP contribution in [0.25, 0.3) is 0 Å². The van der Waals surface area contributed by atoms with E-state index in [0.29, 0.717) is 11.4 Å². The van der Waals surface area contributed by atoms with Gasteiger partial charge in [-0.2, -0.15) is 0 Å². The zero-order chi connectivity index (χ0) is 14.7. The Morgan fingerprint density at radius 3 is 2.60 bits per heavy atom. The minimum Gasteiger partial charge on any atom is -0.398 e. The summed E-state index contributed by atoms with van der Waals surface area (Å²) in [4.78, 5) is 11.6. The van der Waals surface area contributed by atoms with Crippen molar-refractivity contribution in [2.45, 2.75) is 24.5 Å². The molecule has 0 aromatic heterocycles. The van der Waals surface area contributed by atoms with Crippen molar-refractivity contribution in [1.82, 2.24) is 0 Å². The summed E-state index contributed by atoms with van der Waals surface area (Å²) in [6, 6.07) is 10.8. The Labute approximate surface area is 122 Å². The van der Waals surface area contributed by atoms with Gasteiger partial charge in [0, 0.05) is 28.5 Å². The molecule has 2 aromatic rings. The maximum atomic E-state index is 10.8. The monoisotopic (exact) mass is 288 g/mol. The lowest BCUT2D eigenvalue weighted by Crippen LogP contribution is -1.96. The molecule has 0 fully saturated rings. The average molecular weight is 288 g/mol. The first kappa shape index (κ1) is 14.4. The predicted molar refractivity (Wildman–Crippen MR) is 83.0 cm³/mol. The number of nitro groups is 1. The molecular formula is C15H16N2O2S. The van der Waals surface area contributed by atoms with Gasteiger partial charge in [0.1, 0.15) is 0 Å². The third kappa shape index (κ3) is 3.30. The highest BCUT2D eigenvalue weighted by Gasteiger charge is 2.10. The summed E-state index contributed by atoms with van der Waals surface area (Å²) in [7, 11) is 0. The van der Waals surface area contributed by atoms with E-state index >= 15 is 0 Å². The molecule has 0 saturated carbocycles. The molecule has 2 rings (SSSR count). The van der Waals surface area contributed by atoms with E-state index < -0.39 is 4.92 Å². The van der Waals surface area contributed by atoms with Crippen LogP contribution in [-0.4, -0.2) is 4.92 Å². The number of nitrogens with two attached hydrogens (primary N) is 1. The lowest BCUT2D eigenvalue weighted by molar-refractivity contribution is -0.384. The average Bonchev–Trinajstić information content (AvgIpc) is 2.39. The van der Waals surface area contributed by atoms with Crippen LogP contribution in [0.4, 0.5) is 11.4 Å². The summed E-state index contributed by atoms with van der Waals surface area (Å²) in [6.45, 7) is 4.12. The number of thioether (sulfide) groups is 1. The number of hydrogen-bond donors (Lipinski definition) is 1.